The van der Waals surface area contributed by atoms with Crippen LogP contribution in [-0.4, -0.2) is 40.9 Å². The minimum absolute atomic E-state index is 0.132. The van der Waals surface area contributed by atoms with Gasteiger partial charge in [-0.3, -0.25) is 4.98 Å². The molecule has 1 unspecified atom stereocenters. The predicted octanol–water partition coefficient (Wildman–Crippen LogP) is 3.99. The van der Waals surface area contributed by atoms with Crippen molar-refractivity contribution in [3.8, 4) is 11.4 Å². The predicted molar refractivity (Wildman–Crippen MR) is 115 cm³/mol. The highest BCUT2D eigenvalue weighted by atomic mass is 32.2. The number of sulfonamides is 1. The van der Waals surface area contributed by atoms with Gasteiger partial charge in [-0.1, -0.05) is 23.4 Å². The van der Waals surface area contributed by atoms with Crippen LogP contribution in [0.25, 0.3) is 22.3 Å². The van der Waals surface area contributed by atoms with Crippen molar-refractivity contribution in [1.82, 2.24) is 19.4 Å². The maximum Gasteiger partial charge on any atom is 0.245 e. The van der Waals surface area contributed by atoms with E-state index in [2.05, 4.69) is 15.1 Å². The van der Waals surface area contributed by atoms with Gasteiger partial charge in [0.2, 0.25) is 21.7 Å². The average Bonchev–Trinajstić information content (AvgIpc) is 3.45. The lowest BCUT2D eigenvalue weighted by molar-refractivity contribution is 0.247. The molecule has 1 aliphatic heterocycles. The molecule has 0 bridgehead atoms. The van der Waals surface area contributed by atoms with Gasteiger partial charge in [-0.05, 0) is 42.3 Å². The zero-order valence-electron chi connectivity index (χ0n) is 16.1. The summed E-state index contributed by atoms with van der Waals surface area (Å²) >= 11 is 1.58. The van der Waals surface area contributed by atoms with Gasteiger partial charge in [0.1, 0.15) is 4.90 Å². The van der Waals surface area contributed by atoms with Crippen LogP contribution in [0.15, 0.2) is 62.8 Å². The van der Waals surface area contributed by atoms with Gasteiger partial charge in [-0.2, -0.15) is 20.6 Å². The van der Waals surface area contributed by atoms with Crippen molar-refractivity contribution in [3.05, 3.63) is 59.2 Å². The third kappa shape index (κ3) is 3.64. The molecule has 5 rings (SSSR count). The number of para-hydroxylation sites is 1. The molecular formula is C21H20N4O3S2. The molecule has 1 aliphatic rings. The second-order valence-corrected chi connectivity index (χ2v) is 10.1. The Labute approximate surface area is 178 Å². The Morgan fingerprint density at radius 1 is 1.20 bits per heavy atom. The number of nitrogens with zero attached hydrogens (tertiary/aromatic N) is 4. The van der Waals surface area contributed by atoms with E-state index in [0.717, 1.165) is 23.8 Å². The van der Waals surface area contributed by atoms with E-state index in [1.165, 1.54) is 0 Å². The van der Waals surface area contributed by atoms with Crippen LogP contribution < -0.4 is 0 Å². The molecule has 7 nitrogen and oxygen atoms in total. The van der Waals surface area contributed by atoms with Crippen LogP contribution in [0, 0.1) is 5.92 Å². The Kier molecular flexibility index (Phi) is 5.10. The second-order valence-electron chi connectivity index (χ2n) is 7.43. The maximum atomic E-state index is 13.4. The molecule has 1 saturated heterocycles. The van der Waals surface area contributed by atoms with Crippen LogP contribution in [0.4, 0.5) is 0 Å². The highest BCUT2D eigenvalue weighted by Gasteiger charge is 2.32. The molecule has 1 fully saturated rings. The highest BCUT2D eigenvalue weighted by Crippen LogP contribution is 2.29. The average molecular weight is 441 g/mol. The number of pyridine rings is 1. The number of fused-ring (bicyclic) bond motifs is 1. The van der Waals surface area contributed by atoms with Gasteiger partial charge in [0.05, 0.1) is 5.52 Å². The molecule has 30 heavy (non-hydrogen) atoms. The fraction of sp³-hybridized carbons (Fsp3) is 0.286. The van der Waals surface area contributed by atoms with Gasteiger partial charge in [0, 0.05) is 42.0 Å². The van der Waals surface area contributed by atoms with Crippen molar-refractivity contribution in [2.24, 2.45) is 5.92 Å². The van der Waals surface area contributed by atoms with Crippen LogP contribution in [0.3, 0.4) is 0 Å². The van der Waals surface area contributed by atoms with E-state index < -0.39 is 10.0 Å². The van der Waals surface area contributed by atoms with Crippen LogP contribution in [0.5, 0.6) is 0 Å². The summed E-state index contributed by atoms with van der Waals surface area (Å²) in [6.45, 7) is 0.938. The standard InChI is InChI=1S/C21H20N4O3S2/c26-30(27,18-7-1-5-16-6-2-9-22-20(16)18)25-10-3-4-15(13-25)12-19-23-21(24-28-19)17-8-11-29-14-17/h1-2,5-9,11,14-15H,3-4,10,12-13H2. The summed E-state index contributed by atoms with van der Waals surface area (Å²) in [5, 5.41) is 8.82. The van der Waals surface area contributed by atoms with Crippen LogP contribution in [0.1, 0.15) is 18.7 Å². The normalized spacial score (nSPS) is 18.1. The molecular weight excluding hydrogens is 420 g/mol. The molecule has 0 spiro atoms. The first kappa shape index (κ1) is 19.3. The number of benzene rings is 1. The first-order valence-corrected chi connectivity index (χ1v) is 12.2. The third-order valence-electron chi connectivity index (χ3n) is 5.41. The number of thiophene rings is 1. The fourth-order valence-corrected chi connectivity index (χ4v) is 6.28. The Morgan fingerprint density at radius 2 is 2.10 bits per heavy atom. The molecule has 9 heteroatoms. The highest BCUT2D eigenvalue weighted by molar-refractivity contribution is 7.89. The molecule has 4 heterocycles. The van der Waals surface area contributed by atoms with E-state index in [1.54, 1.807) is 34.0 Å². The Morgan fingerprint density at radius 3 is 2.97 bits per heavy atom. The smallest absolute Gasteiger partial charge is 0.245 e. The Bertz CT molecular complexity index is 1260. The molecule has 0 N–H and O–H groups in total. The van der Waals surface area contributed by atoms with E-state index in [1.807, 2.05) is 35.0 Å². The molecule has 0 aliphatic carbocycles. The molecule has 3 aromatic heterocycles. The summed E-state index contributed by atoms with van der Waals surface area (Å²) in [5.41, 5.74) is 1.45. The summed E-state index contributed by atoms with van der Waals surface area (Å²) in [6.07, 6.45) is 3.92. The largest absolute Gasteiger partial charge is 0.339 e. The zero-order chi connectivity index (χ0) is 20.6. The Balaban J connectivity index is 1.36. The summed E-state index contributed by atoms with van der Waals surface area (Å²) in [5.74, 6) is 1.26. The topological polar surface area (TPSA) is 89.2 Å². The number of rotatable bonds is 5. The minimum atomic E-state index is -3.64. The van der Waals surface area contributed by atoms with Crippen molar-refractivity contribution >= 4 is 32.3 Å². The van der Waals surface area contributed by atoms with Crippen LogP contribution >= 0.6 is 11.3 Å². The molecule has 0 radical (unpaired) electrons. The van der Waals surface area contributed by atoms with Crippen molar-refractivity contribution in [3.63, 3.8) is 0 Å². The van der Waals surface area contributed by atoms with Crippen molar-refractivity contribution < 1.29 is 12.9 Å². The van der Waals surface area contributed by atoms with Crippen LogP contribution in [0.2, 0.25) is 0 Å². The molecule has 4 aromatic rings. The van der Waals surface area contributed by atoms with E-state index in [4.69, 9.17) is 4.52 Å². The van der Waals surface area contributed by atoms with E-state index >= 15 is 0 Å². The fourth-order valence-electron chi connectivity index (χ4n) is 3.93. The van der Waals surface area contributed by atoms with Gasteiger partial charge < -0.3 is 4.52 Å². The molecule has 1 aromatic carbocycles. The molecule has 0 amide bonds. The quantitative estimate of drug-likeness (QED) is 0.466. The Hall–Kier alpha value is -2.62. The maximum absolute atomic E-state index is 13.4. The monoisotopic (exact) mass is 440 g/mol. The van der Waals surface area contributed by atoms with Crippen molar-refractivity contribution in [2.45, 2.75) is 24.2 Å². The van der Waals surface area contributed by atoms with Gasteiger partial charge in [-0.25, -0.2) is 8.42 Å². The summed E-state index contributed by atoms with van der Waals surface area (Å²) in [4.78, 5) is 9.06. The second kappa shape index (κ2) is 7.90. The molecule has 154 valence electrons. The van der Waals surface area contributed by atoms with Gasteiger partial charge >= 0.3 is 0 Å². The molecule has 1 atom stereocenters. The van der Waals surface area contributed by atoms with Crippen LogP contribution in [-0.2, 0) is 16.4 Å². The number of hydrogen-bond donors (Lipinski definition) is 0. The van der Waals surface area contributed by atoms with E-state index in [9.17, 15) is 8.42 Å². The number of hydrogen-bond acceptors (Lipinski definition) is 7. The van der Waals surface area contributed by atoms with Crippen molar-refractivity contribution in [2.75, 3.05) is 13.1 Å². The number of piperidine rings is 1. The minimum Gasteiger partial charge on any atom is -0.339 e. The SMILES string of the molecule is O=S(=O)(c1cccc2cccnc12)N1CCCC(Cc2nc(-c3ccsc3)no2)C1. The summed E-state index contributed by atoms with van der Waals surface area (Å²) in [7, 11) is -3.64. The van der Waals surface area contributed by atoms with Gasteiger partial charge in [0.25, 0.3) is 0 Å². The zero-order valence-corrected chi connectivity index (χ0v) is 17.8. The lowest BCUT2D eigenvalue weighted by Gasteiger charge is -2.31. The van der Waals surface area contributed by atoms with Gasteiger partial charge in [-0.15, -0.1) is 0 Å². The van der Waals surface area contributed by atoms with E-state index in [0.29, 0.717) is 36.7 Å². The summed E-state index contributed by atoms with van der Waals surface area (Å²) < 4.78 is 33.8. The lowest BCUT2D eigenvalue weighted by atomic mass is 9.96. The summed E-state index contributed by atoms with van der Waals surface area (Å²) in [6, 6.07) is 10.9. The van der Waals surface area contributed by atoms with Crippen molar-refractivity contribution in [1.29, 1.82) is 0 Å². The lowest BCUT2D eigenvalue weighted by Crippen LogP contribution is -2.40. The third-order valence-corrected chi connectivity index (χ3v) is 7.99. The van der Waals surface area contributed by atoms with E-state index in [-0.39, 0.29) is 10.8 Å². The van der Waals surface area contributed by atoms with Gasteiger partial charge in [0.15, 0.2) is 0 Å². The number of aromatic nitrogens is 3. The first-order chi connectivity index (χ1) is 14.6. The molecule has 0 saturated carbocycles. The first-order valence-electron chi connectivity index (χ1n) is 9.80.